The predicted molar refractivity (Wildman–Crippen MR) is 78.1 cm³/mol. The molecule has 4 nitrogen and oxygen atoms in total. The Morgan fingerprint density at radius 2 is 1.95 bits per heavy atom. The van der Waals surface area contributed by atoms with Crippen molar-refractivity contribution in [1.82, 2.24) is 0 Å². The molecule has 0 aliphatic carbocycles. The van der Waals surface area contributed by atoms with Crippen LogP contribution >= 0.6 is 0 Å². The third-order valence-corrected chi connectivity index (χ3v) is 2.83. The van der Waals surface area contributed by atoms with Gasteiger partial charge >= 0.3 is 0 Å². The van der Waals surface area contributed by atoms with Crippen LogP contribution < -0.4 is 10.1 Å². The summed E-state index contributed by atoms with van der Waals surface area (Å²) in [4.78, 5) is 11.7. The van der Waals surface area contributed by atoms with E-state index in [0.717, 1.165) is 6.42 Å². The number of carbonyl (C=O) groups is 1. The van der Waals surface area contributed by atoms with Gasteiger partial charge in [0.25, 0.3) is 5.91 Å². The SMILES string of the molecule is CCc1ccc(OCC(=O)Nc2cccc(O)c2)cc1. The number of hydrogen-bond acceptors (Lipinski definition) is 3. The Labute approximate surface area is 118 Å². The van der Waals surface area contributed by atoms with Gasteiger partial charge in [0.05, 0.1) is 0 Å². The summed E-state index contributed by atoms with van der Waals surface area (Å²) in [6.45, 7) is 2.01. The fraction of sp³-hybridized carbons (Fsp3) is 0.188. The minimum Gasteiger partial charge on any atom is -0.508 e. The highest BCUT2D eigenvalue weighted by molar-refractivity contribution is 5.92. The topological polar surface area (TPSA) is 58.6 Å². The van der Waals surface area contributed by atoms with E-state index in [-0.39, 0.29) is 18.3 Å². The molecule has 104 valence electrons. The van der Waals surface area contributed by atoms with E-state index < -0.39 is 0 Å². The summed E-state index contributed by atoms with van der Waals surface area (Å²) in [6.07, 6.45) is 0.971. The highest BCUT2D eigenvalue weighted by Gasteiger charge is 2.04. The number of amides is 1. The first kappa shape index (κ1) is 13.9. The van der Waals surface area contributed by atoms with Crippen molar-refractivity contribution in [3.05, 3.63) is 54.1 Å². The van der Waals surface area contributed by atoms with Gasteiger partial charge in [-0.2, -0.15) is 0 Å². The molecule has 1 amide bonds. The zero-order chi connectivity index (χ0) is 14.4. The van der Waals surface area contributed by atoms with E-state index in [1.165, 1.54) is 11.6 Å². The molecule has 0 aromatic heterocycles. The number of anilines is 1. The average molecular weight is 271 g/mol. The highest BCUT2D eigenvalue weighted by atomic mass is 16.5. The van der Waals surface area contributed by atoms with E-state index in [4.69, 9.17) is 4.74 Å². The molecule has 0 atom stereocenters. The maximum absolute atomic E-state index is 11.7. The van der Waals surface area contributed by atoms with Crippen LogP contribution in [-0.4, -0.2) is 17.6 Å². The number of rotatable bonds is 5. The lowest BCUT2D eigenvalue weighted by atomic mass is 10.2. The Hall–Kier alpha value is -2.49. The van der Waals surface area contributed by atoms with Crippen molar-refractivity contribution >= 4 is 11.6 Å². The molecule has 0 saturated heterocycles. The molecule has 0 fully saturated rings. The van der Waals surface area contributed by atoms with Gasteiger partial charge in [0.1, 0.15) is 11.5 Å². The zero-order valence-corrected chi connectivity index (χ0v) is 11.3. The van der Waals surface area contributed by atoms with Crippen molar-refractivity contribution in [2.75, 3.05) is 11.9 Å². The molecule has 0 bridgehead atoms. The van der Waals surface area contributed by atoms with Gasteiger partial charge in [-0.25, -0.2) is 0 Å². The molecule has 0 spiro atoms. The normalized spacial score (nSPS) is 10.1. The summed E-state index contributed by atoms with van der Waals surface area (Å²) in [5.74, 6) is 0.502. The van der Waals surface area contributed by atoms with Crippen LogP contribution in [0.3, 0.4) is 0 Å². The predicted octanol–water partition coefficient (Wildman–Crippen LogP) is 2.97. The van der Waals surface area contributed by atoms with E-state index in [9.17, 15) is 9.90 Å². The number of phenols is 1. The van der Waals surface area contributed by atoms with Crippen LogP contribution in [0.1, 0.15) is 12.5 Å². The Kier molecular flexibility index (Phi) is 4.60. The van der Waals surface area contributed by atoms with Gasteiger partial charge in [-0.05, 0) is 36.2 Å². The van der Waals surface area contributed by atoms with Crippen LogP contribution in [0, 0.1) is 0 Å². The van der Waals surface area contributed by atoms with Gasteiger partial charge in [0.15, 0.2) is 6.61 Å². The standard InChI is InChI=1S/C16H17NO3/c1-2-12-6-8-15(9-7-12)20-11-16(19)17-13-4-3-5-14(18)10-13/h3-10,18H,2,11H2,1H3,(H,17,19). The smallest absolute Gasteiger partial charge is 0.262 e. The van der Waals surface area contributed by atoms with E-state index in [2.05, 4.69) is 12.2 Å². The van der Waals surface area contributed by atoms with Crippen LogP contribution in [0.5, 0.6) is 11.5 Å². The Bertz CT molecular complexity index is 579. The molecule has 2 aromatic carbocycles. The zero-order valence-electron chi connectivity index (χ0n) is 11.3. The van der Waals surface area contributed by atoms with Gasteiger partial charge in [0, 0.05) is 11.8 Å². The molecular weight excluding hydrogens is 254 g/mol. The summed E-state index contributed by atoms with van der Waals surface area (Å²) >= 11 is 0. The van der Waals surface area contributed by atoms with Crippen molar-refractivity contribution < 1.29 is 14.6 Å². The van der Waals surface area contributed by atoms with Crippen LogP contribution in [-0.2, 0) is 11.2 Å². The number of benzene rings is 2. The van der Waals surface area contributed by atoms with Crippen molar-refractivity contribution in [3.63, 3.8) is 0 Å². The number of aromatic hydroxyl groups is 1. The Balaban J connectivity index is 1.85. The lowest BCUT2D eigenvalue weighted by Gasteiger charge is -2.08. The van der Waals surface area contributed by atoms with Crippen molar-refractivity contribution in [2.24, 2.45) is 0 Å². The molecule has 20 heavy (non-hydrogen) atoms. The van der Waals surface area contributed by atoms with Crippen LogP contribution in [0.15, 0.2) is 48.5 Å². The number of carbonyl (C=O) groups excluding carboxylic acids is 1. The van der Waals surface area contributed by atoms with E-state index in [0.29, 0.717) is 11.4 Å². The molecule has 0 heterocycles. The minimum absolute atomic E-state index is 0.0683. The van der Waals surface area contributed by atoms with Gasteiger partial charge in [-0.1, -0.05) is 25.1 Å². The number of hydrogen-bond donors (Lipinski definition) is 2. The van der Waals surface area contributed by atoms with Crippen molar-refractivity contribution in [1.29, 1.82) is 0 Å². The molecule has 2 aromatic rings. The van der Waals surface area contributed by atoms with Crippen LogP contribution in [0.2, 0.25) is 0 Å². The van der Waals surface area contributed by atoms with Gasteiger partial charge < -0.3 is 15.2 Å². The summed E-state index contributed by atoms with van der Waals surface area (Å²) in [5.41, 5.74) is 1.77. The highest BCUT2D eigenvalue weighted by Crippen LogP contribution is 2.16. The number of nitrogens with one attached hydrogen (secondary N) is 1. The average Bonchev–Trinajstić information content (AvgIpc) is 2.46. The van der Waals surface area contributed by atoms with Crippen molar-refractivity contribution in [3.8, 4) is 11.5 Å². The fourth-order valence-electron chi connectivity index (χ4n) is 1.75. The van der Waals surface area contributed by atoms with Crippen LogP contribution in [0.25, 0.3) is 0 Å². The second-order valence-corrected chi connectivity index (χ2v) is 4.38. The molecule has 4 heteroatoms. The second-order valence-electron chi connectivity index (χ2n) is 4.38. The summed E-state index contributed by atoms with van der Waals surface area (Å²) < 4.78 is 5.40. The molecule has 0 saturated carbocycles. The van der Waals surface area contributed by atoms with E-state index >= 15 is 0 Å². The first-order chi connectivity index (χ1) is 9.67. The lowest BCUT2D eigenvalue weighted by Crippen LogP contribution is -2.20. The second kappa shape index (κ2) is 6.61. The number of ether oxygens (including phenoxy) is 1. The van der Waals surface area contributed by atoms with E-state index in [1.54, 1.807) is 18.2 Å². The maximum atomic E-state index is 11.7. The monoisotopic (exact) mass is 271 g/mol. The molecular formula is C16H17NO3. The molecule has 2 rings (SSSR count). The first-order valence-electron chi connectivity index (χ1n) is 6.48. The van der Waals surface area contributed by atoms with Gasteiger partial charge in [-0.3, -0.25) is 4.79 Å². The van der Waals surface area contributed by atoms with Gasteiger partial charge in [0.2, 0.25) is 0 Å². The van der Waals surface area contributed by atoms with Crippen LogP contribution in [0.4, 0.5) is 5.69 Å². The molecule has 0 unspecified atom stereocenters. The third-order valence-electron chi connectivity index (χ3n) is 2.83. The number of phenolic OH excluding ortho intramolecular Hbond substituents is 1. The maximum Gasteiger partial charge on any atom is 0.262 e. The molecule has 0 aliphatic heterocycles. The number of aryl methyl sites for hydroxylation is 1. The summed E-state index contributed by atoms with van der Waals surface area (Å²) in [6, 6.07) is 14.0. The van der Waals surface area contributed by atoms with Gasteiger partial charge in [-0.15, -0.1) is 0 Å². The Morgan fingerprint density at radius 3 is 2.60 bits per heavy atom. The lowest BCUT2D eigenvalue weighted by molar-refractivity contribution is -0.118. The largest absolute Gasteiger partial charge is 0.508 e. The van der Waals surface area contributed by atoms with Crippen molar-refractivity contribution in [2.45, 2.75) is 13.3 Å². The quantitative estimate of drug-likeness (QED) is 0.879. The first-order valence-corrected chi connectivity index (χ1v) is 6.48. The Morgan fingerprint density at radius 1 is 1.20 bits per heavy atom. The molecule has 2 N–H and O–H groups in total. The summed E-state index contributed by atoms with van der Waals surface area (Å²) in [7, 11) is 0. The van der Waals surface area contributed by atoms with E-state index in [1.807, 2.05) is 24.3 Å². The third kappa shape index (κ3) is 4.02. The summed E-state index contributed by atoms with van der Waals surface area (Å²) in [5, 5.41) is 12.0. The minimum atomic E-state index is -0.268. The molecule has 0 aliphatic rings. The molecule has 0 radical (unpaired) electrons. The fourth-order valence-corrected chi connectivity index (χ4v) is 1.75.